The first-order valence-electron chi connectivity index (χ1n) is 14.2. The Morgan fingerprint density at radius 2 is 2.08 bits per heavy atom. The number of nitrogens with zero attached hydrogens (tertiary/aromatic N) is 5. The SMILES string of the molecule is Cc1nc(N2CCc3c(c(C)nn3CC34CCCC(C3)C(NC(=O)OC(C)(C)C)CC4)C2)c2cc[nH]c2n1. The van der Waals surface area contributed by atoms with Crippen LogP contribution in [0.2, 0.25) is 0 Å². The van der Waals surface area contributed by atoms with E-state index >= 15 is 0 Å². The molecule has 0 spiro atoms. The number of aromatic amines is 1. The van der Waals surface area contributed by atoms with Gasteiger partial charge in [-0.2, -0.15) is 5.10 Å². The van der Waals surface area contributed by atoms with E-state index in [-0.39, 0.29) is 17.6 Å². The first-order valence-corrected chi connectivity index (χ1v) is 14.2. The van der Waals surface area contributed by atoms with Crippen LogP contribution < -0.4 is 10.2 Å². The number of hydrogen-bond acceptors (Lipinski definition) is 6. The molecule has 2 N–H and O–H groups in total. The summed E-state index contributed by atoms with van der Waals surface area (Å²) in [6.45, 7) is 12.6. The van der Waals surface area contributed by atoms with Crippen LogP contribution in [0.1, 0.15) is 82.1 Å². The summed E-state index contributed by atoms with van der Waals surface area (Å²) in [5.41, 5.74) is 4.56. The predicted molar refractivity (Wildman–Crippen MR) is 147 cm³/mol. The number of carbonyl (C=O) groups excluding carboxylic acids is 1. The monoisotopic (exact) mass is 519 g/mol. The molecule has 2 bridgehead atoms. The largest absolute Gasteiger partial charge is 0.444 e. The fourth-order valence-electron chi connectivity index (χ4n) is 7.21. The highest BCUT2D eigenvalue weighted by atomic mass is 16.6. The van der Waals surface area contributed by atoms with E-state index in [9.17, 15) is 4.79 Å². The number of H-pyrrole nitrogens is 1. The summed E-state index contributed by atoms with van der Waals surface area (Å²) in [4.78, 5) is 27.5. The molecule has 1 amide bonds. The number of fused-ring (bicyclic) bond motifs is 4. The minimum atomic E-state index is -0.471. The van der Waals surface area contributed by atoms with E-state index in [0.29, 0.717) is 5.92 Å². The lowest BCUT2D eigenvalue weighted by atomic mass is 9.60. The van der Waals surface area contributed by atoms with Crippen LogP contribution in [0.4, 0.5) is 10.6 Å². The van der Waals surface area contributed by atoms with Crippen LogP contribution in [0, 0.1) is 25.2 Å². The lowest BCUT2D eigenvalue weighted by Crippen LogP contribution is -2.50. The molecule has 204 valence electrons. The number of carbonyl (C=O) groups is 1. The molecular formula is C29H41N7O2. The average molecular weight is 520 g/mol. The highest BCUT2D eigenvalue weighted by molar-refractivity contribution is 5.87. The van der Waals surface area contributed by atoms with Gasteiger partial charge in [0.05, 0.1) is 11.1 Å². The highest BCUT2D eigenvalue weighted by Crippen LogP contribution is 2.50. The summed E-state index contributed by atoms with van der Waals surface area (Å²) in [5, 5.41) is 9.37. The number of alkyl carbamates (subject to hydrolysis) is 1. The number of ether oxygens (including phenoxy) is 1. The Hall–Kier alpha value is -3.10. The molecule has 0 radical (unpaired) electrons. The van der Waals surface area contributed by atoms with Gasteiger partial charge in [0.15, 0.2) is 0 Å². The van der Waals surface area contributed by atoms with Crippen molar-refractivity contribution in [3.8, 4) is 0 Å². The van der Waals surface area contributed by atoms with Gasteiger partial charge in [-0.25, -0.2) is 14.8 Å². The van der Waals surface area contributed by atoms with Gasteiger partial charge in [-0.3, -0.25) is 4.68 Å². The molecule has 2 aliphatic carbocycles. The van der Waals surface area contributed by atoms with Crippen molar-refractivity contribution in [1.82, 2.24) is 30.0 Å². The van der Waals surface area contributed by atoms with E-state index in [2.05, 4.69) is 37.9 Å². The van der Waals surface area contributed by atoms with E-state index in [1.807, 2.05) is 33.9 Å². The molecule has 2 fully saturated rings. The fourth-order valence-corrected chi connectivity index (χ4v) is 7.21. The van der Waals surface area contributed by atoms with Crippen LogP contribution >= 0.6 is 0 Å². The maximum Gasteiger partial charge on any atom is 0.407 e. The third kappa shape index (κ3) is 4.76. The first-order chi connectivity index (χ1) is 18.1. The van der Waals surface area contributed by atoms with Crippen molar-refractivity contribution in [1.29, 1.82) is 0 Å². The number of amides is 1. The van der Waals surface area contributed by atoms with Gasteiger partial charge in [0.1, 0.15) is 22.9 Å². The second kappa shape index (κ2) is 9.27. The zero-order valence-electron chi connectivity index (χ0n) is 23.4. The standard InChI is InChI=1S/C29H41N7O2/c1-18-22-16-35(26-21-9-13-30-25(21)31-19(2)32-26)14-10-24(22)36(34-18)17-29-11-6-7-20(15-29)23(8-12-29)33-27(37)38-28(3,4)5/h9,13,20,23H,6-8,10-12,14-17H2,1-5H3,(H,33,37)(H,30,31,32). The predicted octanol–water partition coefficient (Wildman–Crippen LogP) is 5.20. The summed E-state index contributed by atoms with van der Waals surface area (Å²) in [6.07, 6.45) is 9.55. The molecule has 0 saturated heterocycles. The molecule has 3 aliphatic rings. The van der Waals surface area contributed by atoms with Crippen LogP contribution in [-0.2, 0) is 24.2 Å². The van der Waals surface area contributed by atoms with E-state index in [4.69, 9.17) is 14.8 Å². The van der Waals surface area contributed by atoms with Crippen molar-refractivity contribution in [3.05, 3.63) is 35.0 Å². The molecule has 3 unspecified atom stereocenters. The van der Waals surface area contributed by atoms with E-state index < -0.39 is 5.60 Å². The molecule has 3 atom stereocenters. The molecule has 3 aromatic rings. The third-order valence-electron chi connectivity index (χ3n) is 8.86. The number of rotatable bonds is 4. The van der Waals surface area contributed by atoms with Gasteiger partial charge < -0.3 is 19.9 Å². The van der Waals surface area contributed by atoms with Gasteiger partial charge in [0, 0.05) is 49.6 Å². The van der Waals surface area contributed by atoms with Crippen molar-refractivity contribution in [3.63, 3.8) is 0 Å². The van der Waals surface area contributed by atoms with E-state index in [1.165, 1.54) is 30.5 Å². The lowest BCUT2D eigenvalue weighted by molar-refractivity contribution is 0.0176. The number of nitrogens with one attached hydrogen (secondary N) is 2. The van der Waals surface area contributed by atoms with Crippen molar-refractivity contribution in [2.75, 3.05) is 11.4 Å². The Balaban J connectivity index is 1.18. The van der Waals surface area contributed by atoms with Gasteiger partial charge >= 0.3 is 6.09 Å². The van der Waals surface area contributed by atoms with Gasteiger partial charge in [-0.05, 0) is 84.1 Å². The fraction of sp³-hybridized carbons (Fsp3) is 0.655. The smallest absolute Gasteiger partial charge is 0.407 e. The maximum absolute atomic E-state index is 12.5. The molecule has 3 aromatic heterocycles. The van der Waals surface area contributed by atoms with Gasteiger partial charge in [0.25, 0.3) is 0 Å². The molecule has 38 heavy (non-hydrogen) atoms. The van der Waals surface area contributed by atoms with Crippen LogP contribution in [0.5, 0.6) is 0 Å². The zero-order chi connectivity index (χ0) is 26.7. The highest BCUT2D eigenvalue weighted by Gasteiger charge is 2.45. The zero-order valence-corrected chi connectivity index (χ0v) is 23.4. The normalized spacial score (nSPS) is 25.3. The molecule has 9 heteroatoms. The van der Waals surface area contributed by atoms with Gasteiger partial charge in [0.2, 0.25) is 0 Å². The number of aryl methyl sites for hydroxylation is 2. The number of hydrogen-bond donors (Lipinski definition) is 2. The summed E-state index contributed by atoms with van der Waals surface area (Å²) >= 11 is 0. The van der Waals surface area contributed by atoms with Gasteiger partial charge in [-0.1, -0.05) is 6.42 Å². The maximum atomic E-state index is 12.5. The minimum absolute atomic E-state index is 0.210. The van der Waals surface area contributed by atoms with Crippen LogP contribution in [0.3, 0.4) is 0 Å². The van der Waals surface area contributed by atoms with Crippen molar-refractivity contribution in [2.45, 2.75) is 104 Å². The van der Waals surface area contributed by atoms with Crippen molar-refractivity contribution >= 4 is 22.9 Å². The van der Waals surface area contributed by atoms with Crippen LogP contribution in [0.25, 0.3) is 11.0 Å². The average Bonchev–Trinajstić information content (AvgIpc) is 3.43. The topological polar surface area (TPSA) is 101 Å². The summed E-state index contributed by atoms with van der Waals surface area (Å²) in [7, 11) is 0. The molecule has 1 aliphatic heterocycles. The Morgan fingerprint density at radius 3 is 2.89 bits per heavy atom. The quantitative estimate of drug-likeness (QED) is 0.492. The molecule has 9 nitrogen and oxygen atoms in total. The Morgan fingerprint density at radius 1 is 1.24 bits per heavy atom. The molecule has 0 aromatic carbocycles. The number of anilines is 1. The summed E-state index contributed by atoms with van der Waals surface area (Å²) in [6, 6.07) is 2.28. The van der Waals surface area contributed by atoms with Crippen molar-refractivity contribution < 1.29 is 9.53 Å². The van der Waals surface area contributed by atoms with Crippen LogP contribution in [0.15, 0.2) is 12.3 Å². The second-order valence-corrected chi connectivity index (χ2v) is 12.8. The van der Waals surface area contributed by atoms with Crippen LogP contribution in [-0.4, -0.2) is 49.0 Å². The Kier molecular flexibility index (Phi) is 6.15. The summed E-state index contributed by atoms with van der Waals surface area (Å²) in [5.74, 6) is 2.31. The molecule has 2 saturated carbocycles. The minimum Gasteiger partial charge on any atom is -0.444 e. The summed E-state index contributed by atoms with van der Waals surface area (Å²) < 4.78 is 7.89. The van der Waals surface area contributed by atoms with Gasteiger partial charge in [-0.15, -0.1) is 0 Å². The molecule has 6 rings (SSSR count). The Bertz CT molecular complexity index is 1350. The van der Waals surface area contributed by atoms with Crippen molar-refractivity contribution in [2.24, 2.45) is 11.3 Å². The van der Waals surface area contributed by atoms with E-state index in [1.54, 1.807) is 0 Å². The Labute approximate surface area is 224 Å². The third-order valence-corrected chi connectivity index (χ3v) is 8.86. The lowest BCUT2D eigenvalue weighted by Gasteiger charge is -2.49. The second-order valence-electron chi connectivity index (χ2n) is 12.8. The molecule has 4 heterocycles. The number of aromatic nitrogens is 5. The van der Waals surface area contributed by atoms with E-state index in [0.717, 1.165) is 73.7 Å². The first kappa shape index (κ1) is 25.2. The molecular weight excluding hydrogens is 478 g/mol.